The fourth-order valence-electron chi connectivity index (χ4n) is 1.71. The summed E-state index contributed by atoms with van der Waals surface area (Å²) in [6, 6.07) is 9.68. The summed E-state index contributed by atoms with van der Waals surface area (Å²) in [7, 11) is 0. The summed E-state index contributed by atoms with van der Waals surface area (Å²) in [5, 5.41) is 1.02. The lowest BCUT2D eigenvalue weighted by Gasteiger charge is -2.04. The van der Waals surface area contributed by atoms with E-state index in [1.807, 2.05) is 30.3 Å². The first-order chi connectivity index (χ1) is 8.72. The zero-order valence-corrected chi connectivity index (χ0v) is 11.6. The average Bonchev–Trinajstić information content (AvgIpc) is 2.38. The first-order valence-electron chi connectivity index (χ1n) is 5.70. The van der Waals surface area contributed by atoms with Crippen LogP contribution in [-0.4, -0.2) is 10.8 Å². The molecule has 0 saturated heterocycles. The minimum absolute atomic E-state index is 0.0235. The van der Waals surface area contributed by atoms with E-state index in [2.05, 4.69) is 32.8 Å². The van der Waals surface area contributed by atoms with Gasteiger partial charge < -0.3 is 0 Å². The van der Waals surface area contributed by atoms with Gasteiger partial charge in [0.15, 0.2) is 5.78 Å². The number of rotatable bonds is 3. The molecule has 0 saturated carbocycles. The second-order valence-corrected chi connectivity index (χ2v) is 4.72. The second-order valence-electron chi connectivity index (χ2n) is 3.86. The predicted molar refractivity (Wildman–Crippen MR) is 76.5 cm³/mol. The Bertz CT molecular complexity index is 652. The standard InChI is InChI=1S/C15H12BrNO/c1-2-3-4-9-14(18)15-12(16)10-11-7-5-6-8-13(11)17-15/h5-8,10H,4,9H2,1H3. The van der Waals surface area contributed by atoms with Gasteiger partial charge >= 0.3 is 0 Å². The number of nitrogens with zero attached hydrogens (tertiary/aromatic N) is 1. The second kappa shape index (κ2) is 5.79. The van der Waals surface area contributed by atoms with Crippen molar-refractivity contribution < 1.29 is 4.79 Å². The maximum atomic E-state index is 12.0. The van der Waals surface area contributed by atoms with Crippen molar-refractivity contribution >= 4 is 32.6 Å². The van der Waals surface area contributed by atoms with Gasteiger partial charge in [-0.2, -0.15) is 0 Å². The highest BCUT2D eigenvalue weighted by Crippen LogP contribution is 2.22. The maximum Gasteiger partial charge on any atom is 0.183 e. The summed E-state index contributed by atoms with van der Waals surface area (Å²) < 4.78 is 0.746. The van der Waals surface area contributed by atoms with Crippen LogP contribution in [0, 0.1) is 11.8 Å². The molecule has 0 fully saturated rings. The normalized spacial score (nSPS) is 9.89. The number of hydrogen-bond acceptors (Lipinski definition) is 2. The van der Waals surface area contributed by atoms with E-state index in [-0.39, 0.29) is 5.78 Å². The molecule has 0 atom stereocenters. The van der Waals surface area contributed by atoms with Gasteiger partial charge in [-0.3, -0.25) is 4.79 Å². The minimum atomic E-state index is 0.0235. The molecule has 90 valence electrons. The molecule has 2 nitrogen and oxygen atoms in total. The van der Waals surface area contributed by atoms with Crippen LogP contribution in [0.4, 0.5) is 0 Å². The maximum absolute atomic E-state index is 12.0. The van der Waals surface area contributed by atoms with E-state index in [1.165, 1.54) is 0 Å². The van der Waals surface area contributed by atoms with E-state index < -0.39 is 0 Å². The van der Waals surface area contributed by atoms with Crippen LogP contribution in [0.2, 0.25) is 0 Å². The fourth-order valence-corrected chi connectivity index (χ4v) is 2.26. The molecule has 0 radical (unpaired) electrons. The highest BCUT2D eigenvalue weighted by molar-refractivity contribution is 9.10. The summed E-state index contributed by atoms with van der Waals surface area (Å²) in [4.78, 5) is 16.4. The van der Waals surface area contributed by atoms with Crippen LogP contribution in [0.3, 0.4) is 0 Å². The number of fused-ring (bicyclic) bond motifs is 1. The Balaban J connectivity index is 2.34. The van der Waals surface area contributed by atoms with Crippen LogP contribution < -0.4 is 0 Å². The summed E-state index contributed by atoms with van der Waals surface area (Å²) in [5.41, 5.74) is 1.33. The van der Waals surface area contributed by atoms with Crippen LogP contribution in [0.5, 0.6) is 0 Å². The van der Waals surface area contributed by atoms with E-state index in [9.17, 15) is 4.79 Å². The van der Waals surface area contributed by atoms with Crippen molar-refractivity contribution in [3.63, 3.8) is 0 Å². The number of aromatic nitrogens is 1. The van der Waals surface area contributed by atoms with Gasteiger partial charge in [0, 0.05) is 22.7 Å². The molecule has 1 heterocycles. The number of carbonyl (C=O) groups excluding carboxylic acids is 1. The quantitative estimate of drug-likeness (QED) is 0.634. The van der Waals surface area contributed by atoms with E-state index in [0.29, 0.717) is 18.5 Å². The van der Waals surface area contributed by atoms with Crippen molar-refractivity contribution in [2.24, 2.45) is 0 Å². The third kappa shape index (κ3) is 2.77. The number of Topliss-reactive ketones (excluding diaryl/α,β-unsaturated/α-hetero) is 1. The molecule has 0 aliphatic carbocycles. The van der Waals surface area contributed by atoms with Gasteiger partial charge in [0.05, 0.1) is 5.52 Å². The Labute approximate surface area is 115 Å². The van der Waals surface area contributed by atoms with Crippen molar-refractivity contribution in [2.75, 3.05) is 0 Å². The molecule has 0 amide bonds. The van der Waals surface area contributed by atoms with Crippen molar-refractivity contribution in [3.8, 4) is 11.8 Å². The largest absolute Gasteiger partial charge is 0.292 e. The molecular formula is C15H12BrNO. The lowest BCUT2D eigenvalue weighted by molar-refractivity contribution is 0.0979. The van der Waals surface area contributed by atoms with Crippen LogP contribution in [0.1, 0.15) is 30.3 Å². The van der Waals surface area contributed by atoms with Crippen LogP contribution >= 0.6 is 15.9 Å². The zero-order chi connectivity index (χ0) is 13.0. The summed E-state index contributed by atoms with van der Waals surface area (Å²) in [5.74, 6) is 5.70. The van der Waals surface area contributed by atoms with Crippen molar-refractivity contribution in [2.45, 2.75) is 19.8 Å². The zero-order valence-electron chi connectivity index (χ0n) is 10.0. The first-order valence-corrected chi connectivity index (χ1v) is 6.50. The molecule has 0 bridgehead atoms. The van der Waals surface area contributed by atoms with Gasteiger partial charge in [-0.15, -0.1) is 11.8 Å². The number of benzene rings is 1. The van der Waals surface area contributed by atoms with Gasteiger partial charge in [0.25, 0.3) is 0 Å². The SMILES string of the molecule is CC#CCCC(=O)c1nc2ccccc2cc1Br. The fraction of sp³-hybridized carbons (Fsp3) is 0.200. The molecule has 3 heteroatoms. The van der Waals surface area contributed by atoms with E-state index in [1.54, 1.807) is 6.92 Å². The monoisotopic (exact) mass is 301 g/mol. The molecule has 0 unspecified atom stereocenters. The Morgan fingerprint density at radius 1 is 1.39 bits per heavy atom. The molecule has 1 aromatic carbocycles. The molecule has 1 aromatic heterocycles. The molecule has 0 N–H and O–H groups in total. The summed E-state index contributed by atoms with van der Waals surface area (Å²) >= 11 is 3.41. The van der Waals surface area contributed by atoms with E-state index >= 15 is 0 Å². The number of hydrogen-bond donors (Lipinski definition) is 0. The molecule has 0 aliphatic rings. The lowest BCUT2D eigenvalue weighted by Crippen LogP contribution is -2.03. The summed E-state index contributed by atoms with van der Waals surface area (Å²) in [6.07, 6.45) is 0.987. The number of carbonyl (C=O) groups is 1. The van der Waals surface area contributed by atoms with Gasteiger partial charge in [-0.1, -0.05) is 18.2 Å². The molecule has 2 rings (SSSR count). The summed E-state index contributed by atoms with van der Waals surface area (Å²) in [6.45, 7) is 1.77. The third-order valence-electron chi connectivity index (χ3n) is 2.60. The van der Waals surface area contributed by atoms with Crippen LogP contribution in [0.15, 0.2) is 34.8 Å². The van der Waals surface area contributed by atoms with Crippen molar-refractivity contribution in [3.05, 3.63) is 40.5 Å². The molecule has 2 aromatic rings. The van der Waals surface area contributed by atoms with Gasteiger partial charge in [0.1, 0.15) is 5.69 Å². The Morgan fingerprint density at radius 3 is 2.94 bits per heavy atom. The predicted octanol–water partition coefficient (Wildman–Crippen LogP) is 3.98. The van der Waals surface area contributed by atoms with E-state index in [4.69, 9.17) is 0 Å². The third-order valence-corrected chi connectivity index (χ3v) is 3.20. The number of pyridine rings is 1. The molecule has 0 spiro atoms. The highest BCUT2D eigenvalue weighted by atomic mass is 79.9. The Morgan fingerprint density at radius 2 is 2.17 bits per heavy atom. The average molecular weight is 302 g/mol. The number of halogens is 1. The van der Waals surface area contributed by atoms with Gasteiger partial charge in [-0.25, -0.2) is 4.98 Å². The van der Waals surface area contributed by atoms with Crippen LogP contribution in [0.25, 0.3) is 10.9 Å². The number of para-hydroxylation sites is 1. The Kier molecular flexibility index (Phi) is 4.11. The molecule has 18 heavy (non-hydrogen) atoms. The smallest absolute Gasteiger partial charge is 0.183 e. The Hall–Kier alpha value is -1.66. The molecular weight excluding hydrogens is 290 g/mol. The first kappa shape index (κ1) is 12.8. The minimum Gasteiger partial charge on any atom is -0.292 e. The topological polar surface area (TPSA) is 30.0 Å². The van der Waals surface area contributed by atoms with Gasteiger partial charge in [0.2, 0.25) is 0 Å². The van der Waals surface area contributed by atoms with Crippen molar-refractivity contribution in [1.29, 1.82) is 0 Å². The highest BCUT2D eigenvalue weighted by Gasteiger charge is 2.12. The van der Waals surface area contributed by atoms with Crippen LogP contribution in [-0.2, 0) is 0 Å². The molecule has 0 aliphatic heterocycles. The lowest BCUT2D eigenvalue weighted by atomic mass is 10.1. The number of ketones is 1. The van der Waals surface area contributed by atoms with Gasteiger partial charge in [-0.05, 0) is 35.0 Å². The van der Waals surface area contributed by atoms with Crippen molar-refractivity contribution in [1.82, 2.24) is 4.98 Å². The van der Waals surface area contributed by atoms with E-state index in [0.717, 1.165) is 15.4 Å².